The van der Waals surface area contributed by atoms with E-state index in [0.29, 0.717) is 12.7 Å². The standard InChI is InChI=1S/C12H16N2O2/c1-4-14(3)9-6-7-11-10(8-9)13-12(16-11)15-5-2/h6-8H,4-5H2,1-3H3. The molecular weight excluding hydrogens is 204 g/mol. The maximum atomic E-state index is 5.42. The first-order valence-corrected chi connectivity index (χ1v) is 5.49. The molecule has 0 aliphatic rings. The number of fused-ring (bicyclic) bond motifs is 1. The monoisotopic (exact) mass is 220 g/mol. The third kappa shape index (κ3) is 1.96. The summed E-state index contributed by atoms with van der Waals surface area (Å²) in [5, 5.41) is 0. The lowest BCUT2D eigenvalue weighted by Gasteiger charge is -2.15. The Labute approximate surface area is 94.8 Å². The van der Waals surface area contributed by atoms with E-state index in [-0.39, 0.29) is 0 Å². The Balaban J connectivity index is 2.37. The van der Waals surface area contributed by atoms with E-state index >= 15 is 0 Å². The van der Waals surface area contributed by atoms with Crippen LogP contribution < -0.4 is 9.64 Å². The van der Waals surface area contributed by atoms with Crippen molar-refractivity contribution < 1.29 is 9.15 Å². The molecule has 4 nitrogen and oxygen atoms in total. The highest BCUT2D eigenvalue weighted by Gasteiger charge is 2.08. The number of hydrogen-bond donors (Lipinski definition) is 0. The Kier molecular flexibility index (Phi) is 2.99. The molecule has 0 spiro atoms. The normalized spacial score (nSPS) is 10.7. The van der Waals surface area contributed by atoms with E-state index in [1.807, 2.05) is 32.2 Å². The Hall–Kier alpha value is -1.71. The van der Waals surface area contributed by atoms with Crippen molar-refractivity contribution in [2.45, 2.75) is 13.8 Å². The van der Waals surface area contributed by atoms with Crippen LogP contribution in [0.15, 0.2) is 22.6 Å². The molecule has 0 radical (unpaired) electrons. The summed E-state index contributed by atoms with van der Waals surface area (Å²) in [5.41, 5.74) is 2.73. The SMILES string of the molecule is CCOc1nc2cc(N(C)CC)ccc2o1. The quantitative estimate of drug-likeness (QED) is 0.794. The summed E-state index contributed by atoms with van der Waals surface area (Å²) >= 11 is 0. The third-order valence-electron chi connectivity index (χ3n) is 2.53. The number of rotatable bonds is 4. The van der Waals surface area contributed by atoms with Crippen LogP contribution in [-0.4, -0.2) is 25.2 Å². The average Bonchev–Trinajstić information content (AvgIpc) is 2.69. The molecule has 0 unspecified atom stereocenters. The first kappa shape index (κ1) is 10.8. The minimum absolute atomic E-state index is 0.341. The van der Waals surface area contributed by atoms with Crippen molar-refractivity contribution in [2.24, 2.45) is 0 Å². The molecule has 1 heterocycles. The fraction of sp³-hybridized carbons (Fsp3) is 0.417. The van der Waals surface area contributed by atoms with Gasteiger partial charge in [-0.05, 0) is 32.0 Å². The van der Waals surface area contributed by atoms with Gasteiger partial charge in [-0.3, -0.25) is 0 Å². The first-order chi connectivity index (χ1) is 7.74. The highest BCUT2D eigenvalue weighted by atomic mass is 16.6. The summed E-state index contributed by atoms with van der Waals surface area (Å²) in [4.78, 5) is 6.41. The number of nitrogens with zero attached hydrogens (tertiary/aromatic N) is 2. The van der Waals surface area contributed by atoms with Crippen LogP contribution >= 0.6 is 0 Å². The van der Waals surface area contributed by atoms with Crippen LogP contribution in [0.4, 0.5) is 5.69 Å². The van der Waals surface area contributed by atoms with Crippen LogP contribution in [-0.2, 0) is 0 Å². The zero-order valence-electron chi connectivity index (χ0n) is 9.86. The molecule has 86 valence electrons. The predicted octanol–water partition coefficient (Wildman–Crippen LogP) is 2.68. The van der Waals surface area contributed by atoms with E-state index in [1.54, 1.807) is 0 Å². The van der Waals surface area contributed by atoms with Crippen molar-refractivity contribution in [1.29, 1.82) is 0 Å². The van der Waals surface area contributed by atoms with Crippen molar-refractivity contribution in [3.8, 4) is 6.08 Å². The molecule has 0 fully saturated rings. The maximum Gasteiger partial charge on any atom is 0.394 e. The Bertz CT molecular complexity index is 479. The molecule has 0 aliphatic carbocycles. The third-order valence-corrected chi connectivity index (χ3v) is 2.53. The van der Waals surface area contributed by atoms with Gasteiger partial charge in [-0.1, -0.05) is 0 Å². The van der Waals surface area contributed by atoms with Crippen LogP contribution in [0.3, 0.4) is 0 Å². The predicted molar refractivity (Wildman–Crippen MR) is 64.1 cm³/mol. The molecule has 2 rings (SSSR count). The highest BCUT2D eigenvalue weighted by molar-refractivity contribution is 5.78. The number of anilines is 1. The Morgan fingerprint density at radius 3 is 2.88 bits per heavy atom. The highest BCUT2D eigenvalue weighted by Crippen LogP contribution is 2.24. The zero-order valence-corrected chi connectivity index (χ0v) is 9.86. The molecule has 1 aromatic heterocycles. The summed E-state index contributed by atoms with van der Waals surface area (Å²) in [6.45, 7) is 5.54. The van der Waals surface area contributed by atoms with Gasteiger partial charge in [0.25, 0.3) is 0 Å². The second-order valence-electron chi connectivity index (χ2n) is 3.58. The van der Waals surface area contributed by atoms with E-state index in [4.69, 9.17) is 9.15 Å². The van der Waals surface area contributed by atoms with Gasteiger partial charge >= 0.3 is 6.08 Å². The summed E-state index contributed by atoms with van der Waals surface area (Å²) < 4.78 is 10.7. The van der Waals surface area contributed by atoms with E-state index in [0.717, 1.165) is 23.3 Å². The molecule has 0 N–H and O–H groups in total. The fourth-order valence-electron chi connectivity index (χ4n) is 1.50. The zero-order chi connectivity index (χ0) is 11.5. The number of ether oxygens (including phenoxy) is 1. The largest absolute Gasteiger partial charge is 0.450 e. The van der Waals surface area contributed by atoms with Crippen molar-refractivity contribution in [2.75, 3.05) is 25.1 Å². The maximum absolute atomic E-state index is 5.42. The van der Waals surface area contributed by atoms with Gasteiger partial charge in [0, 0.05) is 19.3 Å². The second-order valence-corrected chi connectivity index (χ2v) is 3.58. The summed E-state index contributed by atoms with van der Waals surface area (Å²) in [5.74, 6) is 0. The van der Waals surface area contributed by atoms with E-state index in [9.17, 15) is 0 Å². The van der Waals surface area contributed by atoms with Gasteiger partial charge in [0.05, 0.1) is 6.61 Å². The average molecular weight is 220 g/mol. The van der Waals surface area contributed by atoms with E-state index in [1.165, 1.54) is 0 Å². The van der Waals surface area contributed by atoms with Gasteiger partial charge in [0.15, 0.2) is 5.58 Å². The minimum Gasteiger partial charge on any atom is -0.450 e. The lowest BCUT2D eigenvalue weighted by Crippen LogP contribution is -2.15. The van der Waals surface area contributed by atoms with Crippen LogP contribution in [0.1, 0.15) is 13.8 Å². The van der Waals surface area contributed by atoms with Crippen molar-refractivity contribution in [1.82, 2.24) is 4.98 Å². The number of aromatic nitrogens is 1. The summed E-state index contributed by atoms with van der Waals surface area (Å²) in [7, 11) is 2.05. The van der Waals surface area contributed by atoms with E-state index in [2.05, 4.69) is 16.8 Å². The molecule has 0 amide bonds. The van der Waals surface area contributed by atoms with Crippen molar-refractivity contribution >= 4 is 16.8 Å². The molecule has 2 aromatic rings. The summed E-state index contributed by atoms with van der Waals surface area (Å²) in [6, 6.07) is 5.95. The van der Waals surface area contributed by atoms with Gasteiger partial charge in [0.2, 0.25) is 0 Å². The van der Waals surface area contributed by atoms with Gasteiger partial charge in [-0.15, -0.1) is 0 Å². The number of benzene rings is 1. The van der Waals surface area contributed by atoms with Crippen LogP contribution in [0.25, 0.3) is 11.1 Å². The van der Waals surface area contributed by atoms with Crippen molar-refractivity contribution in [3.63, 3.8) is 0 Å². The smallest absolute Gasteiger partial charge is 0.394 e. The second kappa shape index (κ2) is 4.43. The number of oxazole rings is 1. The topological polar surface area (TPSA) is 38.5 Å². The van der Waals surface area contributed by atoms with Gasteiger partial charge in [0.1, 0.15) is 5.52 Å². The molecule has 1 aromatic carbocycles. The Morgan fingerprint density at radius 1 is 1.38 bits per heavy atom. The molecule has 0 atom stereocenters. The lowest BCUT2D eigenvalue weighted by atomic mass is 10.2. The molecular formula is C12H16N2O2. The first-order valence-electron chi connectivity index (χ1n) is 5.49. The molecule has 4 heteroatoms. The van der Waals surface area contributed by atoms with Crippen LogP contribution in [0.5, 0.6) is 6.08 Å². The van der Waals surface area contributed by atoms with Gasteiger partial charge < -0.3 is 14.1 Å². The van der Waals surface area contributed by atoms with Gasteiger partial charge in [-0.25, -0.2) is 0 Å². The molecule has 16 heavy (non-hydrogen) atoms. The summed E-state index contributed by atoms with van der Waals surface area (Å²) in [6.07, 6.45) is 0.341. The fourth-order valence-corrected chi connectivity index (χ4v) is 1.50. The molecule has 0 saturated carbocycles. The van der Waals surface area contributed by atoms with Gasteiger partial charge in [-0.2, -0.15) is 4.98 Å². The molecule has 0 aliphatic heterocycles. The minimum atomic E-state index is 0.341. The molecule has 0 saturated heterocycles. The van der Waals surface area contributed by atoms with Crippen LogP contribution in [0.2, 0.25) is 0 Å². The number of hydrogen-bond acceptors (Lipinski definition) is 4. The van der Waals surface area contributed by atoms with Crippen molar-refractivity contribution in [3.05, 3.63) is 18.2 Å². The molecule has 0 bridgehead atoms. The lowest BCUT2D eigenvalue weighted by molar-refractivity contribution is 0.251. The Morgan fingerprint density at radius 2 is 2.19 bits per heavy atom. The van der Waals surface area contributed by atoms with E-state index < -0.39 is 0 Å². The van der Waals surface area contributed by atoms with Crippen LogP contribution in [0, 0.1) is 0 Å².